The summed E-state index contributed by atoms with van der Waals surface area (Å²) < 4.78 is 20.9. The van der Waals surface area contributed by atoms with Crippen LogP contribution in [0.3, 0.4) is 0 Å². The molecule has 1 aromatic heterocycles. The van der Waals surface area contributed by atoms with Crippen LogP contribution in [-0.2, 0) is 16.6 Å². The smallest absolute Gasteiger partial charge is 0.411 e. The Balaban J connectivity index is 2.13. The maximum Gasteiger partial charge on any atom is 0.411 e. The lowest BCUT2D eigenvalue weighted by Gasteiger charge is -2.12. The molecule has 1 N–H and O–H groups in total. The van der Waals surface area contributed by atoms with Crippen molar-refractivity contribution in [3.05, 3.63) is 54.5 Å². The number of rotatable bonds is 8. The summed E-state index contributed by atoms with van der Waals surface area (Å²) in [6.45, 7) is 1.93. The number of allylic oxidation sites excluding steroid dienone is 1. The number of hydrogen-bond donors (Lipinski definition) is 1. The van der Waals surface area contributed by atoms with E-state index in [1.165, 1.54) is 29.5 Å². The van der Waals surface area contributed by atoms with Gasteiger partial charge in [-0.05, 0) is 30.7 Å². The van der Waals surface area contributed by atoms with Crippen LogP contribution in [0.4, 0.5) is 20.6 Å². The van der Waals surface area contributed by atoms with Crippen LogP contribution in [0, 0.1) is 0 Å². The van der Waals surface area contributed by atoms with Crippen molar-refractivity contribution in [1.29, 1.82) is 0 Å². The fourth-order valence-electron chi connectivity index (χ4n) is 2.12. The Morgan fingerprint density at radius 1 is 1.52 bits per heavy atom. The molecule has 0 aliphatic rings. The van der Waals surface area contributed by atoms with Crippen molar-refractivity contribution in [2.24, 2.45) is 12.1 Å². The van der Waals surface area contributed by atoms with Gasteiger partial charge in [-0.1, -0.05) is 12.1 Å². The van der Waals surface area contributed by atoms with Crippen LogP contribution >= 0.6 is 0 Å². The zero-order chi connectivity index (χ0) is 19.6. The third-order valence-corrected chi connectivity index (χ3v) is 3.31. The summed E-state index contributed by atoms with van der Waals surface area (Å²) in [6, 6.07) is 6.30. The molecule has 27 heavy (non-hydrogen) atoms. The number of hydrogen-bond acceptors (Lipinski definition) is 6. The van der Waals surface area contributed by atoms with Crippen LogP contribution in [-0.4, -0.2) is 35.0 Å². The number of alkyl halides is 1. The van der Waals surface area contributed by atoms with E-state index < -0.39 is 12.3 Å². The van der Waals surface area contributed by atoms with Crippen molar-refractivity contribution in [2.45, 2.75) is 13.1 Å². The fourth-order valence-corrected chi connectivity index (χ4v) is 2.12. The Morgan fingerprint density at radius 3 is 3.00 bits per heavy atom. The summed E-state index contributed by atoms with van der Waals surface area (Å²) in [6.07, 6.45) is 5.38. The van der Waals surface area contributed by atoms with Gasteiger partial charge in [-0.2, -0.15) is 10.2 Å². The molecule has 1 atom stereocenters. The normalized spacial score (nSPS) is 12.3. The van der Waals surface area contributed by atoms with Crippen LogP contribution < -0.4 is 10.3 Å². The zero-order valence-electron chi connectivity index (χ0n) is 14.9. The minimum atomic E-state index is -1.53. The maximum absolute atomic E-state index is 14.6. The van der Waals surface area contributed by atoms with E-state index >= 15 is 0 Å². The molecular weight excluding hydrogens is 353 g/mol. The molecule has 2 aromatic rings. The summed E-state index contributed by atoms with van der Waals surface area (Å²) in [5, 5.41) is 11.9. The summed E-state index contributed by atoms with van der Waals surface area (Å²) in [5.41, 5.74) is 1.28. The van der Waals surface area contributed by atoms with Gasteiger partial charge >= 0.3 is 6.09 Å². The number of anilines is 2. The number of ether oxygens (including phenoxy) is 1. The van der Waals surface area contributed by atoms with Crippen molar-refractivity contribution < 1.29 is 18.7 Å². The molecule has 9 heteroatoms. The Kier molecular flexibility index (Phi) is 7.24. The van der Waals surface area contributed by atoms with Gasteiger partial charge in [0.1, 0.15) is 12.0 Å². The summed E-state index contributed by atoms with van der Waals surface area (Å²) in [5.74, 6) is 0. The average molecular weight is 373 g/mol. The summed E-state index contributed by atoms with van der Waals surface area (Å²) >= 11 is 0. The average Bonchev–Trinajstić information content (AvgIpc) is 3.08. The van der Waals surface area contributed by atoms with E-state index in [4.69, 9.17) is 4.74 Å². The van der Waals surface area contributed by atoms with Crippen LogP contribution in [0.15, 0.2) is 54.0 Å². The number of carbonyl (C=O) groups is 2. The minimum absolute atomic E-state index is 0.238. The zero-order valence-corrected chi connectivity index (χ0v) is 14.9. The predicted molar refractivity (Wildman–Crippen MR) is 100 cm³/mol. The number of benzene rings is 1. The molecule has 1 amide bonds. The number of carbonyl (C=O) groups excluding carboxylic acids is 2. The molecule has 1 unspecified atom stereocenters. The van der Waals surface area contributed by atoms with E-state index in [0.717, 1.165) is 6.21 Å². The number of halogens is 1. The topological polar surface area (TPSA) is 88.8 Å². The summed E-state index contributed by atoms with van der Waals surface area (Å²) in [7, 11) is 1.73. The van der Waals surface area contributed by atoms with Gasteiger partial charge in [-0.3, -0.25) is 14.8 Å². The van der Waals surface area contributed by atoms with Crippen molar-refractivity contribution in [3.63, 3.8) is 0 Å². The van der Waals surface area contributed by atoms with Crippen LogP contribution in [0.2, 0.25) is 0 Å². The first kappa shape index (κ1) is 19.8. The molecule has 8 nitrogen and oxygen atoms in total. The number of hydrazone groups is 1. The quantitative estimate of drug-likeness (QED) is 0.332. The largest absolute Gasteiger partial charge is 0.450 e. The molecule has 0 aliphatic heterocycles. The summed E-state index contributed by atoms with van der Waals surface area (Å²) in [4.78, 5) is 22.0. The monoisotopic (exact) mass is 373 g/mol. The van der Waals surface area contributed by atoms with Crippen LogP contribution in [0.25, 0.3) is 0 Å². The first-order valence-electron chi connectivity index (χ1n) is 8.15. The minimum Gasteiger partial charge on any atom is -0.450 e. The molecule has 142 valence electrons. The molecule has 0 bridgehead atoms. The SMILES string of the molecule is CCOC(=O)Nc1cccc(C(F)/C=N/N(/C=C\C=O)c2cnn(C)c2)c1. The molecule has 0 spiro atoms. The molecule has 1 heterocycles. The highest BCUT2D eigenvalue weighted by Gasteiger charge is 2.11. The van der Waals surface area contributed by atoms with Gasteiger partial charge in [0.05, 0.1) is 25.2 Å². The molecule has 0 fully saturated rings. The van der Waals surface area contributed by atoms with Gasteiger partial charge in [-0.15, -0.1) is 0 Å². The number of amides is 1. The highest BCUT2D eigenvalue weighted by molar-refractivity contribution is 5.85. The van der Waals surface area contributed by atoms with Gasteiger partial charge in [0.2, 0.25) is 0 Å². The molecule has 0 saturated heterocycles. The Hall–Kier alpha value is -3.49. The number of aldehydes is 1. The van der Waals surface area contributed by atoms with E-state index in [9.17, 15) is 14.0 Å². The third kappa shape index (κ3) is 6.07. The van der Waals surface area contributed by atoms with Gasteiger partial charge < -0.3 is 4.74 Å². The lowest BCUT2D eigenvalue weighted by Crippen LogP contribution is -2.13. The predicted octanol–water partition coefficient (Wildman–Crippen LogP) is 3.20. The van der Waals surface area contributed by atoms with E-state index in [2.05, 4.69) is 15.5 Å². The number of nitrogens with one attached hydrogen (secondary N) is 1. The van der Waals surface area contributed by atoms with E-state index in [1.807, 2.05) is 0 Å². The van der Waals surface area contributed by atoms with E-state index in [0.29, 0.717) is 23.2 Å². The Labute approximate surface area is 155 Å². The molecule has 0 saturated carbocycles. The second-order valence-electron chi connectivity index (χ2n) is 5.33. The lowest BCUT2D eigenvalue weighted by atomic mass is 10.1. The first-order valence-corrected chi connectivity index (χ1v) is 8.15. The maximum atomic E-state index is 14.6. The molecule has 0 radical (unpaired) electrons. The second kappa shape index (κ2) is 9.85. The number of nitrogens with zero attached hydrogens (tertiary/aromatic N) is 4. The number of aryl methyl sites for hydroxylation is 1. The van der Waals surface area contributed by atoms with Crippen molar-refractivity contribution >= 4 is 30.0 Å². The molecule has 2 rings (SSSR count). The Bertz CT molecular complexity index is 834. The Morgan fingerprint density at radius 2 is 2.33 bits per heavy atom. The molecule has 1 aromatic carbocycles. The standard InChI is InChI=1S/C18H20FN5O3/c1-3-27-18(26)22-15-7-4-6-14(10-15)17(19)12-21-24(8-5-9-25)16-11-20-23(2)13-16/h4-13,17H,3H2,1-2H3,(H,22,26)/b8-5-,21-12+. The molecular formula is C18H20FN5O3. The van der Waals surface area contributed by atoms with Crippen LogP contribution in [0.1, 0.15) is 18.7 Å². The van der Waals surface area contributed by atoms with Crippen molar-refractivity contribution in [3.8, 4) is 0 Å². The molecule has 0 aliphatic carbocycles. The van der Waals surface area contributed by atoms with Crippen LogP contribution in [0.5, 0.6) is 0 Å². The van der Waals surface area contributed by atoms with Crippen molar-refractivity contribution in [2.75, 3.05) is 16.9 Å². The van der Waals surface area contributed by atoms with Gasteiger partial charge in [0.25, 0.3) is 0 Å². The van der Waals surface area contributed by atoms with Gasteiger partial charge in [0, 0.05) is 18.9 Å². The fraction of sp³-hybridized carbons (Fsp3) is 0.222. The first-order chi connectivity index (χ1) is 13.0. The highest BCUT2D eigenvalue weighted by atomic mass is 19.1. The lowest BCUT2D eigenvalue weighted by molar-refractivity contribution is -0.104. The third-order valence-electron chi connectivity index (χ3n) is 3.31. The second-order valence-corrected chi connectivity index (χ2v) is 5.33. The van der Waals surface area contributed by atoms with Gasteiger partial charge in [-0.25, -0.2) is 14.2 Å². The van der Waals surface area contributed by atoms with E-state index in [1.54, 1.807) is 43.0 Å². The van der Waals surface area contributed by atoms with E-state index in [-0.39, 0.29) is 6.61 Å². The van der Waals surface area contributed by atoms with Crippen molar-refractivity contribution in [1.82, 2.24) is 9.78 Å². The highest BCUT2D eigenvalue weighted by Crippen LogP contribution is 2.21. The van der Waals surface area contributed by atoms with Gasteiger partial charge in [0.15, 0.2) is 6.17 Å². The number of aromatic nitrogens is 2.